The van der Waals surface area contributed by atoms with Crippen LogP contribution in [0.3, 0.4) is 0 Å². The molecule has 1 saturated heterocycles. The number of nitrogens with one attached hydrogen (secondary N) is 2. The van der Waals surface area contributed by atoms with E-state index in [9.17, 15) is 24.0 Å². The molecule has 332 valence electrons. The van der Waals surface area contributed by atoms with Gasteiger partial charge in [-0.1, -0.05) is 134 Å². The number of hydrogen-bond acceptors (Lipinski definition) is 6. The molecule has 1 heterocycles. The van der Waals surface area contributed by atoms with Crippen LogP contribution in [0.25, 0.3) is 0 Å². The molecule has 1 aliphatic heterocycles. The lowest BCUT2D eigenvalue weighted by Crippen LogP contribution is -2.49. The van der Waals surface area contributed by atoms with Crippen molar-refractivity contribution in [2.24, 2.45) is 29.1 Å². The Bertz CT molecular complexity index is 1600. The Kier molecular flexibility index (Phi) is 21.2. The van der Waals surface area contributed by atoms with Crippen LogP contribution in [0.5, 0.6) is 0 Å². The number of aryl methyl sites for hydroxylation is 1. The lowest BCUT2D eigenvalue weighted by Gasteiger charge is -2.27. The number of amides is 2. The van der Waals surface area contributed by atoms with Crippen molar-refractivity contribution in [2.75, 3.05) is 19.6 Å². The molecule has 0 bridgehead atoms. The third-order valence-corrected chi connectivity index (χ3v) is 12.8. The summed E-state index contributed by atoms with van der Waals surface area (Å²) in [6.45, 7) is 13.9. The van der Waals surface area contributed by atoms with E-state index in [1.165, 1.54) is 64.6 Å². The van der Waals surface area contributed by atoms with E-state index in [1.54, 1.807) is 0 Å². The fraction of sp³-hybridized carbons (Fsp3) is 0.673. The number of piperidine rings is 1. The first-order chi connectivity index (χ1) is 28.8. The molecule has 0 aromatic heterocycles. The van der Waals surface area contributed by atoms with Gasteiger partial charge in [0.05, 0.1) is 12.1 Å². The van der Waals surface area contributed by atoms with Gasteiger partial charge >= 0.3 is 0 Å². The van der Waals surface area contributed by atoms with E-state index >= 15 is 0 Å². The van der Waals surface area contributed by atoms with Crippen LogP contribution in [0.15, 0.2) is 60.7 Å². The minimum absolute atomic E-state index is 0.0652. The summed E-state index contributed by atoms with van der Waals surface area (Å²) in [7, 11) is 0. The van der Waals surface area contributed by atoms with Gasteiger partial charge < -0.3 is 15.5 Å². The van der Waals surface area contributed by atoms with Gasteiger partial charge in [0.1, 0.15) is 5.78 Å². The highest BCUT2D eigenvalue weighted by Gasteiger charge is 2.48. The quantitative estimate of drug-likeness (QED) is 0.0759. The SMILES string of the molecule is CC(C)CC(NC(=O)[C@H](CCc1ccccc1)CC(=O)CCCCCCCCCN1CCCCC1)C(=O)C[C@@H](Cc1ccccc1)C(=O)NC(CC(C)C)C(=O)C1(C)CC1. The molecule has 0 radical (unpaired) electrons. The highest BCUT2D eigenvalue weighted by molar-refractivity contribution is 5.97. The molecule has 2 amide bonds. The largest absolute Gasteiger partial charge is 0.346 e. The van der Waals surface area contributed by atoms with E-state index in [1.807, 2.05) is 95.3 Å². The van der Waals surface area contributed by atoms with E-state index in [-0.39, 0.29) is 53.8 Å². The molecule has 60 heavy (non-hydrogen) atoms. The van der Waals surface area contributed by atoms with Crippen LogP contribution in [0.4, 0.5) is 0 Å². The average molecular weight is 826 g/mol. The zero-order valence-electron chi connectivity index (χ0n) is 38.0. The number of nitrogens with zero attached hydrogens (tertiary/aromatic N) is 1. The zero-order valence-corrected chi connectivity index (χ0v) is 38.0. The molecule has 8 nitrogen and oxygen atoms in total. The molecule has 1 aliphatic carbocycles. The number of unbranched alkanes of at least 4 members (excludes halogenated alkanes) is 6. The first-order valence-corrected chi connectivity index (χ1v) is 23.8. The maximum Gasteiger partial charge on any atom is 0.224 e. The van der Waals surface area contributed by atoms with Gasteiger partial charge in [0.25, 0.3) is 0 Å². The second kappa shape index (κ2) is 26.0. The van der Waals surface area contributed by atoms with E-state index in [0.29, 0.717) is 38.5 Å². The number of ketones is 3. The summed E-state index contributed by atoms with van der Waals surface area (Å²) in [5.41, 5.74) is 1.64. The van der Waals surface area contributed by atoms with Gasteiger partial charge in [0.15, 0.2) is 11.6 Å². The number of rotatable bonds is 30. The maximum absolute atomic E-state index is 14.3. The van der Waals surface area contributed by atoms with Gasteiger partial charge in [-0.15, -0.1) is 0 Å². The molecule has 0 spiro atoms. The van der Waals surface area contributed by atoms with Gasteiger partial charge in [-0.25, -0.2) is 0 Å². The second-order valence-electron chi connectivity index (χ2n) is 19.5. The molecule has 2 aromatic carbocycles. The molecule has 2 fully saturated rings. The molecule has 4 atom stereocenters. The maximum atomic E-state index is 14.3. The van der Waals surface area contributed by atoms with Crippen LogP contribution in [-0.2, 0) is 36.8 Å². The van der Waals surface area contributed by atoms with Crippen molar-refractivity contribution in [1.82, 2.24) is 15.5 Å². The van der Waals surface area contributed by atoms with E-state index < -0.39 is 29.3 Å². The van der Waals surface area contributed by atoms with Gasteiger partial charge in [-0.3, -0.25) is 24.0 Å². The molecule has 2 aromatic rings. The van der Waals surface area contributed by atoms with E-state index in [0.717, 1.165) is 43.2 Å². The Morgan fingerprint density at radius 1 is 0.633 bits per heavy atom. The monoisotopic (exact) mass is 826 g/mol. The van der Waals surface area contributed by atoms with Crippen molar-refractivity contribution in [1.29, 1.82) is 0 Å². The summed E-state index contributed by atoms with van der Waals surface area (Å²) in [4.78, 5) is 72.3. The van der Waals surface area contributed by atoms with Gasteiger partial charge in [-0.2, -0.15) is 0 Å². The Morgan fingerprint density at radius 2 is 1.17 bits per heavy atom. The molecule has 2 N–H and O–H groups in total. The van der Waals surface area contributed by atoms with Crippen molar-refractivity contribution in [3.05, 3.63) is 71.8 Å². The van der Waals surface area contributed by atoms with Crippen molar-refractivity contribution in [2.45, 2.75) is 175 Å². The summed E-state index contributed by atoms with van der Waals surface area (Å²) in [6.07, 6.45) is 16.7. The minimum Gasteiger partial charge on any atom is -0.346 e. The molecule has 1 saturated carbocycles. The highest BCUT2D eigenvalue weighted by atomic mass is 16.2. The molecule has 4 rings (SSSR count). The summed E-state index contributed by atoms with van der Waals surface area (Å²) < 4.78 is 0. The van der Waals surface area contributed by atoms with Gasteiger partial charge in [0.2, 0.25) is 11.8 Å². The predicted octanol–water partition coefficient (Wildman–Crippen LogP) is 10.1. The molecule has 2 unspecified atom stereocenters. The van der Waals surface area contributed by atoms with Crippen LogP contribution in [0.1, 0.15) is 161 Å². The molecule has 8 heteroatoms. The molecular formula is C52H79N3O5. The summed E-state index contributed by atoms with van der Waals surface area (Å²) in [5.74, 6) is -1.56. The van der Waals surface area contributed by atoms with Gasteiger partial charge in [-0.05, 0) is 113 Å². The average Bonchev–Trinajstić information content (AvgIpc) is 3.99. The lowest BCUT2D eigenvalue weighted by molar-refractivity contribution is -0.135. The Balaban J connectivity index is 1.37. The van der Waals surface area contributed by atoms with Gasteiger partial charge in [0, 0.05) is 36.5 Å². The first kappa shape index (κ1) is 49.0. The number of likely N-dealkylation sites (tertiary alicyclic amines) is 1. The van der Waals surface area contributed by atoms with Crippen LogP contribution >= 0.6 is 0 Å². The van der Waals surface area contributed by atoms with Crippen molar-refractivity contribution >= 4 is 29.2 Å². The van der Waals surface area contributed by atoms with Crippen LogP contribution in [0.2, 0.25) is 0 Å². The fourth-order valence-corrected chi connectivity index (χ4v) is 8.83. The van der Waals surface area contributed by atoms with Crippen molar-refractivity contribution in [3.8, 4) is 0 Å². The number of carbonyl (C=O) groups is 5. The first-order valence-electron chi connectivity index (χ1n) is 23.8. The standard InChI is InChI=1S/C52H79N3O5/c1-39(2)34-46(48(57)38-44(36-42-24-16-12-17-25-42)51(60)54-47(35-40(3)4)49(58)52(5)29-30-52)53-50(59)43(28-27-41-22-14-11-15-23-41)37-45(56)26-18-9-7-6-8-10-19-31-55-32-20-13-21-33-55/h11-12,14-17,22-25,39-40,43-44,46-47H,6-10,13,18-21,26-38H2,1-5H3,(H,53,59)(H,54,60)/t43-,44-,46?,47?/m1/s1. The molecular weight excluding hydrogens is 747 g/mol. The summed E-state index contributed by atoms with van der Waals surface area (Å²) in [5, 5.41) is 6.20. The predicted molar refractivity (Wildman–Crippen MR) is 243 cm³/mol. The Hall–Kier alpha value is -3.65. The lowest BCUT2D eigenvalue weighted by atomic mass is 9.87. The smallest absolute Gasteiger partial charge is 0.224 e. The Morgan fingerprint density at radius 3 is 1.77 bits per heavy atom. The van der Waals surface area contributed by atoms with Crippen LogP contribution in [-0.4, -0.2) is 65.8 Å². The zero-order chi connectivity index (χ0) is 43.3. The van der Waals surface area contributed by atoms with Crippen LogP contribution < -0.4 is 10.6 Å². The summed E-state index contributed by atoms with van der Waals surface area (Å²) in [6, 6.07) is 18.3. The second-order valence-corrected chi connectivity index (χ2v) is 19.5. The van der Waals surface area contributed by atoms with Crippen molar-refractivity contribution < 1.29 is 24.0 Å². The summed E-state index contributed by atoms with van der Waals surface area (Å²) >= 11 is 0. The number of Topliss-reactive ketones (excluding diaryl/α,β-unsaturated/α-hetero) is 3. The normalized spacial score (nSPS) is 17.1. The highest BCUT2D eigenvalue weighted by Crippen LogP contribution is 2.47. The van der Waals surface area contributed by atoms with Crippen molar-refractivity contribution in [3.63, 3.8) is 0 Å². The fourth-order valence-electron chi connectivity index (χ4n) is 8.83. The Labute approximate surface area is 363 Å². The topological polar surface area (TPSA) is 113 Å². The number of hydrogen-bond donors (Lipinski definition) is 2. The third kappa shape index (κ3) is 18.1. The minimum atomic E-state index is -0.795. The molecule has 2 aliphatic rings. The number of benzene rings is 2. The van der Waals surface area contributed by atoms with E-state index in [2.05, 4.69) is 15.5 Å². The number of carbonyl (C=O) groups excluding carboxylic acids is 5. The van der Waals surface area contributed by atoms with Crippen LogP contribution in [0, 0.1) is 29.1 Å². The third-order valence-electron chi connectivity index (χ3n) is 12.8. The van der Waals surface area contributed by atoms with E-state index in [4.69, 9.17) is 0 Å².